The van der Waals surface area contributed by atoms with E-state index in [-0.39, 0.29) is 42.5 Å². The van der Waals surface area contributed by atoms with Gasteiger partial charge in [-0.05, 0) is 26.2 Å². The number of guanidine groups is 1. The summed E-state index contributed by atoms with van der Waals surface area (Å²) in [6.07, 6.45) is 3.65. The summed E-state index contributed by atoms with van der Waals surface area (Å²) in [7, 11) is 5.42. The molecule has 0 aliphatic carbocycles. The Morgan fingerprint density at radius 3 is 2.57 bits per heavy atom. The number of carbonyl (C=O) groups excluding carboxylic acids is 1. The van der Waals surface area contributed by atoms with Crippen LogP contribution < -0.4 is 5.32 Å². The van der Waals surface area contributed by atoms with Gasteiger partial charge in [-0.2, -0.15) is 0 Å². The Morgan fingerprint density at radius 1 is 1.35 bits per heavy atom. The fourth-order valence-electron chi connectivity index (χ4n) is 2.25. The lowest BCUT2D eigenvalue weighted by Crippen LogP contribution is -2.44. The van der Waals surface area contributed by atoms with Gasteiger partial charge in [-0.15, -0.1) is 24.0 Å². The molecule has 0 aromatic heterocycles. The number of amides is 1. The molecule has 1 N–H and O–H groups in total. The minimum atomic E-state index is -0.0167. The van der Waals surface area contributed by atoms with Crippen LogP contribution in [-0.2, 0) is 9.53 Å². The van der Waals surface area contributed by atoms with Gasteiger partial charge in [-0.25, -0.2) is 4.99 Å². The number of hydrogen-bond donors (Lipinski definition) is 1. The highest BCUT2D eigenvalue weighted by Crippen LogP contribution is 2.11. The van der Waals surface area contributed by atoms with E-state index in [4.69, 9.17) is 4.74 Å². The molecule has 0 bridgehead atoms. The zero-order valence-electron chi connectivity index (χ0n) is 14.8. The van der Waals surface area contributed by atoms with Crippen molar-refractivity contribution in [2.45, 2.75) is 32.3 Å². The molecule has 0 saturated carbocycles. The number of halogens is 1. The van der Waals surface area contributed by atoms with Crippen LogP contribution in [0.15, 0.2) is 17.1 Å². The average Bonchev–Trinajstić information content (AvgIpc) is 2.47. The quantitative estimate of drug-likeness (QED) is 0.297. The Balaban J connectivity index is 0.00000484. The molecule has 0 radical (unpaired) electrons. The molecule has 1 heterocycles. The molecule has 23 heavy (non-hydrogen) atoms. The summed E-state index contributed by atoms with van der Waals surface area (Å²) < 4.78 is 5.72. The lowest BCUT2D eigenvalue weighted by atomic mass is 10.1. The van der Waals surface area contributed by atoms with Crippen LogP contribution in [0, 0.1) is 0 Å². The van der Waals surface area contributed by atoms with Crippen molar-refractivity contribution in [3.63, 3.8) is 0 Å². The van der Waals surface area contributed by atoms with Crippen molar-refractivity contribution in [1.82, 2.24) is 15.1 Å². The van der Waals surface area contributed by atoms with Gasteiger partial charge in [0.15, 0.2) is 5.96 Å². The molecule has 6 nitrogen and oxygen atoms in total. The van der Waals surface area contributed by atoms with Gasteiger partial charge in [-0.1, -0.05) is 12.2 Å². The first-order valence-electron chi connectivity index (χ1n) is 7.85. The second-order valence-electron chi connectivity index (χ2n) is 6.11. The Labute approximate surface area is 157 Å². The molecule has 1 unspecified atom stereocenters. The molecule has 1 aliphatic heterocycles. The van der Waals surface area contributed by atoms with E-state index in [1.807, 2.05) is 18.9 Å². The molecule has 1 fully saturated rings. The van der Waals surface area contributed by atoms with E-state index >= 15 is 0 Å². The summed E-state index contributed by atoms with van der Waals surface area (Å²) in [6, 6.07) is 0. The molecule has 1 saturated heterocycles. The van der Waals surface area contributed by atoms with Crippen LogP contribution >= 0.6 is 24.0 Å². The Kier molecular flexibility index (Phi) is 11.2. The van der Waals surface area contributed by atoms with Gasteiger partial charge in [0.25, 0.3) is 0 Å². The van der Waals surface area contributed by atoms with Crippen molar-refractivity contribution in [1.29, 1.82) is 0 Å². The lowest BCUT2D eigenvalue weighted by Gasteiger charge is -2.27. The van der Waals surface area contributed by atoms with E-state index in [0.29, 0.717) is 12.5 Å². The van der Waals surface area contributed by atoms with Crippen molar-refractivity contribution in [2.24, 2.45) is 4.99 Å². The molecular weight excluding hydrogens is 407 g/mol. The lowest BCUT2D eigenvalue weighted by molar-refractivity contribution is -0.127. The topological polar surface area (TPSA) is 57.2 Å². The van der Waals surface area contributed by atoms with E-state index in [9.17, 15) is 4.79 Å². The maximum Gasteiger partial charge on any atom is 0.243 e. The number of hydrogen-bond acceptors (Lipinski definition) is 3. The zero-order valence-corrected chi connectivity index (χ0v) is 17.1. The number of nitrogens with zero attached hydrogens (tertiary/aromatic N) is 3. The summed E-state index contributed by atoms with van der Waals surface area (Å²) in [5, 5.41) is 3.33. The minimum Gasteiger partial charge on any atom is -0.376 e. The number of rotatable bonds is 6. The highest BCUT2D eigenvalue weighted by molar-refractivity contribution is 14.0. The first-order valence-corrected chi connectivity index (χ1v) is 7.85. The molecular formula is C16H31IN4O2. The highest BCUT2D eigenvalue weighted by atomic mass is 127. The van der Waals surface area contributed by atoms with E-state index in [2.05, 4.69) is 16.9 Å². The van der Waals surface area contributed by atoms with Crippen LogP contribution in [0.4, 0.5) is 0 Å². The summed E-state index contributed by atoms with van der Waals surface area (Å²) in [5.41, 5.74) is 1.05. The van der Waals surface area contributed by atoms with Crippen LogP contribution in [0.2, 0.25) is 0 Å². The second-order valence-corrected chi connectivity index (χ2v) is 6.11. The fraction of sp³-hybridized carbons (Fsp3) is 0.750. The third-order valence-corrected chi connectivity index (χ3v) is 3.49. The van der Waals surface area contributed by atoms with Gasteiger partial charge in [-0.3, -0.25) is 4.79 Å². The third-order valence-electron chi connectivity index (χ3n) is 3.49. The van der Waals surface area contributed by atoms with Gasteiger partial charge in [0.05, 0.1) is 6.10 Å². The predicted octanol–water partition coefficient (Wildman–Crippen LogP) is 1.72. The molecule has 7 heteroatoms. The SMILES string of the molecule is C=C(C)CN(C)C(=NCC(=O)N(C)C)NCC1CCCCO1.I. The molecule has 1 rings (SSSR count). The molecule has 0 aromatic carbocycles. The average molecular weight is 438 g/mol. The van der Waals surface area contributed by atoms with Crippen LogP contribution in [-0.4, -0.2) is 75.2 Å². The first kappa shape index (κ1) is 22.2. The third kappa shape index (κ3) is 9.14. The van der Waals surface area contributed by atoms with Gasteiger partial charge in [0.1, 0.15) is 6.54 Å². The Morgan fingerprint density at radius 2 is 2.04 bits per heavy atom. The van der Waals surface area contributed by atoms with E-state index in [0.717, 1.165) is 31.6 Å². The number of aliphatic imine (C=N–C) groups is 1. The summed E-state index contributed by atoms with van der Waals surface area (Å²) >= 11 is 0. The number of carbonyl (C=O) groups is 1. The van der Waals surface area contributed by atoms with Crippen molar-refractivity contribution in [3.8, 4) is 0 Å². The van der Waals surface area contributed by atoms with Crippen LogP contribution in [0.25, 0.3) is 0 Å². The van der Waals surface area contributed by atoms with Gasteiger partial charge in [0.2, 0.25) is 5.91 Å². The normalized spacial score (nSPS) is 17.9. The standard InChI is InChI=1S/C16H30N4O2.HI/c1-13(2)12-20(5)16(18-11-15(21)19(3)4)17-10-14-8-6-7-9-22-14;/h14H,1,6-12H2,2-5H3,(H,17,18);1H. The van der Waals surface area contributed by atoms with E-state index < -0.39 is 0 Å². The smallest absolute Gasteiger partial charge is 0.243 e. The largest absolute Gasteiger partial charge is 0.376 e. The highest BCUT2D eigenvalue weighted by Gasteiger charge is 2.16. The Bertz CT molecular complexity index is 407. The summed E-state index contributed by atoms with van der Waals surface area (Å²) in [6.45, 7) is 8.29. The molecule has 1 amide bonds. The Hall–Kier alpha value is -0.830. The second kappa shape index (κ2) is 11.7. The molecule has 0 spiro atoms. The van der Waals surface area contributed by atoms with Crippen molar-refractivity contribution >= 4 is 35.8 Å². The van der Waals surface area contributed by atoms with Gasteiger partial charge >= 0.3 is 0 Å². The maximum absolute atomic E-state index is 11.7. The van der Waals surface area contributed by atoms with Crippen LogP contribution in [0.1, 0.15) is 26.2 Å². The van der Waals surface area contributed by atoms with Gasteiger partial charge in [0, 0.05) is 40.8 Å². The van der Waals surface area contributed by atoms with Gasteiger partial charge < -0.3 is 19.9 Å². The van der Waals surface area contributed by atoms with Crippen molar-refractivity contribution in [3.05, 3.63) is 12.2 Å². The van der Waals surface area contributed by atoms with Crippen molar-refractivity contribution < 1.29 is 9.53 Å². The number of nitrogens with one attached hydrogen (secondary N) is 1. The number of likely N-dealkylation sites (N-methyl/N-ethyl adjacent to an activating group) is 2. The molecule has 134 valence electrons. The van der Waals surface area contributed by atoms with Crippen LogP contribution in [0.5, 0.6) is 0 Å². The van der Waals surface area contributed by atoms with E-state index in [1.165, 1.54) is 6.42 Å². The molecule has 1 aliphatic rings. The molecule has 0 aromatic rings. The predicted molar refractivity (Wildman–Crippen MR) is 105 cm³/mol. The van der Waals surface area contributed by atoms with Crippen molar-refractivity contribution in [2.75, 3.05) is 47.4 Å². The van der Waals surface area contributed by atoms with E-state index in [1.54, 1.807) is 19.0 Å². The summed E-state index contributed by atoms with van der Waals surface area (Å²) in [4.78, 5) is 19.7. The number of ether oxygens (including phenoxy) is 1. The first-order chi connectivity index (χ1) is 10.4. The van der Waals surface area contributed by atoms with Crippen LogP contribution in [0.3, 0.4) is 0 Å². The summed E-state index contributed by atoms with van der Waals surface area (Å²) in [5.74, 6) is 0.698. The fourth-order valence-corrected chi connectivity index (χ4v) is 2.25. The minimum absolute atomic E-state index is 0. The molecule has 1 atom stereocenters. The zero-order chi connectivity index (χ0) is 16.5. The maximum atomic E-state index is 11.7. The monoisotopic (exact) mass is 438 g/mol.